The van der Waals surface area contributed by atoms with Crippen LogP contribution in [0.3, 0.4) is 0 Å². The smallest absolute Gasteiger partial charge is 0.207 e. The minimum atomic E-state index is -0.111. The zero-order valence-corrected chi connectivity index (χ0v) is 12.1. The van der Waals surface area contributed by atoms with Crippen LogP contribution in [0.4, 0.5) is 5.00 Å². The second kappa shape index (κ2) is 5.50. The van der Waals surface area contributed by atoms with E-state index in [1.165, 1.54) is 10.1 Å². The summed E-state index contributed by atoms with van der Waals surface area (Å²) in [5, 5.41) is 9.42. The summed E-state index contributed by atoms with van der Waals surface area (Å²) in [4.78, 5) is 11.2. The van der Waals surface area contributed by atoms with Gasteiger partial charge in [0.2, 0.25) is 5.78 Å². The third-order valence-corrected chi connectivity index (χ3v) is 4.29. The van der Waals surface area contributed by atoms with Crippen LogP contribution in [-0.4, -0.2) is 11.5 Å². The molecule has 1 aliphatic carbocycles. The molecule has 0 unspecified atom stereocenters. The van der Waals surface area contributed by atoms with E-state index in [0.29, 0.717) is 12.0 Å². The molecule has 0 saturated carbocycles. The van der Waals surface area contributed by atoms with Crippen molar-refractivity contribution in [2.24, 2.45) is 0 Å². The van der Waals surface area contributed by atoms with E-state index in [-0.39, 0.29) is 11.5 Å². The highest BCUT2D eigenvalue weighted by molar-refractivity contribution is 7.22. The lowest BCUT2D eigenvalue weighted by Gasteiger charge is -1.91. The van der Waals surface area contributed by atoms with Crippen molar-refractivity contribution in [1.29, 1.82) is 5.41 Å². The average molecular weight is 294 g/mol. The number of carbonyl (C=O) groups excluding carboxylic acids is 1. The monoisotopic (exact) mass is 294 g/mol. The van der Waals surface area contributed by atoms with Crippen LogP contribution in [0, 0.1) is 5.41 Å². The van der Waals surface area contributed by atoms with Gasteiger partial charge in [0.1, 0.15) is 0 Å². The normalized spacial score (nSPS) is 13.0. The van der Waals surface area contributed by atoms with E-state index in [4.69, 9.17) is 11.1 Å². The van der Waals surface area contributed by atoms with E-state index in [9.17, 15) is 4.79 Å². The number of rotatable bonds is 0. The minimum Gasteiger partial charge on any atom is -0.391 e. The molecule has 1 heterocycles. The van der Waals surface area contributed by atoms with E-state index >= 15 is 0 Å². The third-order valence-electron chi connectivity index (χ3n) is 3.35. The second-order valence-electron chi connectivity index (χ2n) is 4.83. The maximum Gasteiger partial charge on any atom is 0.207 e. The van der Waals surface area contributed by atoms with E-state index in [0.717, 1.165) is 10.6 Å². The molecule has 3 nitrogen and oxygen atoms in total. The third kappa shape index (κ3) is 2.71. The fourth-order valence-electron chi connectivity index (χ4n) is 2.33. The maximum absolute atomic E-state index is 11.2. The SMILES string of the molecule is N=C1Cc2ccccc2C1=O.Nc1cc2ccccc2s1. The molecule has 1 aliphatic rings. The highest BCUT2D eigenvalue weighted by atomic mass is 32.1. The van der Waals surface area contributed by atoms with Crippen LogP contribution in [0.25, 0.3) is 10.1 Å². The van der Waals surface area contributed by atoms with Gasteiger partial charge < -0.3 is 11.1 Å². The number of benzene rings is 2. The van der Waals surface area contributed by atoms with Gasteiger partial charge in [-0.25, -0.2) is 0 Å². The molecule has 2 aromatic carbocycles. The van der Waals surface area contributed by atoms with E-state index < -0.39 is 0 Å². The van der Waals surface area contributed by atoms with Gasteiger partial charge in [0.25, 0.3) is 0 Å². The lowest BCUT2D eigenvalue weighted by atomic mass is 10.1. The van der Waals surface area contributed by atoms with Crippen molar-refractivity contribution in [3.63, 3.8) is 0 Å². The molecule has 3 N–H and O–H groups in total. The summed E-state index contributed by atoms with van der Waals surface area (Å²) in [5.41, 5.74) is 7.52. The van der Waals surface area contributed by atoms with Crippen molar-refractivity contribution in [1.82, 2.24) is 0 Å². The molecule has 0 radical (unpaired) electrons. The van der Waals surface area contributed by atoms with Gasteiger partial charge in [0.05, 0.1) is 10.7 Å². The highest BCUT2D eigenvalue weighted by Gasteiger charge is 2.23. The summed E-state index contributed by atoms with van der Waals surface area (Å²) < 4.78 is 1.26. The van der Waals surface area contributed by atoms with Gasteiger partial charge in [0.15, 0.2) is 0 Å². The molecule has 1 aromatic heterocycles. The van der Waals surface area contributed by atoms with Crippen molar-refractivity contribution in [3.05, 3.63) is 65.7 Å². The van der Waals surface area contributed by atoms with Crippen molar-refractivity contribution in [2.45, 2.75) is 6.42 Å². The minimum absolute atomic E-state index is 0.111. The molecule has 0 fully saturated rings. The van der Waals surface area contributed by atoms with Crippen LogP contribution < -0.4 is 5.73 Å². The maximum atomic E-state index is 11.2. The second-order valence-corrected chi connectivity index (χ2v) is 5.94. The van der Waals surface area contributed by atoms with E-state index in [2.05, 4.69) is 12.1 Å². The number of hydrogen-bond acceptors (Lipinski definition) is 4. The van der Waals surface area contributed by atoms with Crippen molar-refractivity contribution >= 4 is 37.9 Å². The summed E-state index contributed by atoms with van der Waals surface area (Å²) in [6.07, 6.45) is 0.509. The Kier molecular flexibility index (Phi) is 3.54. The Labute approximate surface area is 126 Å². The summed E-state index contributed by atoms with van der Waals surface area (Å²) in [5.74, 6) is -0.111. The Hall–Kier alpha value is -2.46. The zero-order valence-electron chi connectivity index (χ0n) is 11.3. The number of anilines is 1. The summed E-state index contributed by atoms with van der Waals surface area (Å²) in [6, 6.07) is 17.6. The topological polar surface area (TPSA) is 66.9 Å². The van der Waals surface area contributed by atoms with Gasteiger partial charge >= 0.3 is 0 Å². The molecule has 3 aromatic rings. The summed E-state index contributed by atoms with van der Waals surface area (Å²) in [6.45, 7) is 0. The first-order chi connectivity index (χ1) is 10.1. The van der Waals surface area contributed by atoms with Crippen LogP contribution in [-0.2, 0) is 6.42 Å². The summed E-state index contributed by atoms with van der Waals surface area (Å²) in [7, 11) is 0. The molecule has 4 rings (SSSR count). The van der Waals surface area contributed by atoms with Crippen LogP contribution in [0.5, 0.6) is 0 Å². The van der Waals surface area contributed by atoms with Crippen LogP contribution >= 0.6 is 11.3 Å². The van der Waals surface area contributed by atoms with E-state index in [1.807, 2.05) is 36.4 Å². The van der Waals surface area contributed by atoms with Crippen molar-refractivity contribution < 1.29 is 4.79 Å². The molecular weight excluding hydrogens is 280 g/mol. The van der Waals surface area contributed by atoms with Gasteiger partial charge in [-0.2, -0.15) is 0 Å². The number of Topliss-reactive ketones (excluding diaryl/α,β-unsaturated/α-hetero) is 1. The van der Waals surface area contributed by atoms with Crippen molar-refractivity contribution in [2.75, 3.05) is 5.73 Å². The Morgan fingerprint density at radius 1 is 1.05 bits per heavy atom. The number of carbonyl (C=O) groups is 1. The lowest BCUT2D eigenvalue weighted by Crippen LogP contribution is -2.04. The van der Waals surface area contributed by atoms with E-state index in [1.54, 1.807) is 17.4 Å². The largest absolute Gasteiger partial charge is 0.391 e. The first-order valence-corrected chi connectivity index (χ1v) is 7.41. The Morgan fingerprint density at radius 2 is 1.76 bits per heavy atom. The van der Waals surface area contributed by atoms with Gasteiger partial charge in [-0.3, -0.25) is 4.79 Å². The fraction of sp³-hybridized carbons (Fsp3) is 0.0588. The Bertz CT molecular complexity index is 802. The standard InChI is InChI=1S/C9H7NO.C8H7NS/c10-8-5-6-3-1-2-4-7(6)9(8)11;9-8-5-6-3-1-2-4-7(6)10-8/h1-4,10H,5H2;1-5H,9H2. The molecule has 4 heteroatoms. The molecule has 104 valence electrons. The Morgan fingerprint density at radius 3 is 2.52 bits per heavy atom. The first-order valence-electron chi connectivity index (χ1n) is 6.59. The Balaban J connectivity index is 0.000000126. The average Bonchev–Trinajstić information content (AvgIpc) is 3.00. The number of ketones is 1. The lowest BCUT2D eigenvalue weighted by molar-refractivity contribution is 0.106. The fourth-order valence-corrected chi connectivity index (χ4v) is 3.16. The number of nitrogens with two attached hydrogens (primary N) is 1. The van der Waals surface area contributed by atoms with Crippen LogP contribution in [0.15, 0.2) is 54.6 Å². The number of fused-ring (bicyclic) bond motifs is 2. The predicted molar refractivity (Wildman–Crippen MR) is 88.4 cm³/mol. The molecular formula is C17H14N2OS. The molecule has 21 heavy (non-hydrogen) atoms. The highest BCUT2D eigenvalue weighted by Crippen LogP contribution is 2.26. The van der Waals surface area contributed by atoms with Crippen LogP contribution in [0.1, 0.15) is 15.9 Å². The molecule has 0 amide bonds. The first kappa shape index (κ1) is 13.5. The molecule has 0 saturated heterocycles. The molecule has 0 atom stereocenters. The number of hydrogen-bond donors (Lipinski definition) is 2. The van der Waals surface area contributed by atoms with Gasteiger partial charge in [-0.05, 0) is 23.1 Å². The number of nitrogen functional groups attached to an aromatic ring is 1. The number of thiophene rings is 1. The van der Waals surface area contributed by atoms with Crippen LogP contribution in [0.2, 0.25) is 0 Å². The predicted octanol–water partition coefficient (Wildman–Crippen LogP) is 3.93. The number of nitrogens with one attached hydrogen (secondary N) is 1. The van der Waals surface area contributed by atoms with Crippen molar-refractivity contribution in [3.8, 4) is 0 Å². The molecule has 0 spiro atoms. The van der Waals surface area contributed by atoms with Gasteiger partial charge in [0, 0.05) is 16.7 Å². The molecule has 0 aliphatic heterocycles. The molecule has 0 bridgehead atoms. The summed E-state index contributed by atoms with van der Waals surface area (Å²) >= 11 is 1.63. The van der Waals surface area contributed by atoms with Gasteiger partial charge in [-0.15, -0.1) is 11.3 Å². The zero-order chi connectivity index (χ0) is 14.8. The van der Waals surface area contributed by atoms with Gasteiger partial charge in [-0.1, -0.05) is 42.5 Å². The quantitative estimate of drug-likeness (QED) is 0.659.